The van der Waals surface area contributed by atoms with Crippen LogP contribution < -0.4 is 5.73 Å². The number of carbonyl (C=O) groups is 1. The fourth-order valence-electron chi connectivity index (χ4n) is 6.35. The molecule has 1 aromatic carbocycles. The second-order valence-corrected chi connectivity index (χ2v) is 12.8. The molecule has 0 radical (unpaired) electrons. The number of nitrogens with two attached hydrogens (primary N) is 1. The maximum Gasteiger partial charge on any atom is 0.356 e. The van der Waals surface area contributed by atoms with Gasteiger partial charge in [-0.25, -0.2) is 17.9 Å². The van der Waals surface area contributed by atoms with Gasteiger partial charge in [0.15, 0.2) is 10.8 Å². The molecule has 2 N–H and O–H groups in total. The Morgan fingerprint density at radius 1 is 1.17 bits per heavy atom. The van der Waals surface area contributed by atoms with Crippen molar-refractivity contribution in [1.82, 2.24) is 23.7 Å². The van der Waals surface area contributed by atoms with Crippen LogP contribution in [0.5, 0.6) is 0 Å². The lowest BCUT2D eigenvalue weighted by atomic mass is 9.62. The number of hydrogen-bond acceptors (Lipinski definition) is 6. The Hall–Kier alpha value is -3.77. The Balaban J connectivity index is 0.000000343. The highest BCUT2D eigenvalue weighted by Crippen LogP contribution is 2.61. The van der Waals surface area contributed by atoms with Gasteiger partial charge in [-0.3, -0.25) is 14.7 Å². The van der Waals surface area contributed by atoms with E-state index < -0.39 is 22.4 Å². The summed E-state index contributed by atoms with van der Waals surface area (Å²) >= 11 is 0. The number of imidazole rings is 1. The van der Waals surface area contributed by atoms with Crippen molar-refractivity contribution in [2.45, 2.75) is 62.7 Å². The number of hydrogen-bond donors (Lipinski definition) is 1. The summed E-state index contributed by atoms with van der Waals surface area (Å²) in [6.45, 7) is 3.95. The van der Waals surface area contributed by atoms with E-state index in [4.69, 9.17) is 5.73 Å². The first-order valence-electron chi connectivity index (χ1n) is 13.7. The van der Waals surface area contributed by atoms with Crippen LogP contribution in [0.25, 0.3) is 0 Å². The van der Waals surface area contributed by atoms with Gasteiger partial charge in [0.05, 0.1) is 17.4 Å². The largest absolute Gasteiger partial charge is 0.399 e. The number of Topliss-reactive ketones (excluding diaryl/α,β-unsaturated/α-hetero) is 1. The fourth-order valence-corrected chi connectivity index (χ4v) is 7.79. The molecule has 2 aliphatic heterocycles. The van der Waals surface area contributed by atoms with Gasteiger partial charge in [-0.15, -0.1) is 0 Å². The molecule has 1 saturated carbocycles. The average Bonchev–Trinajstić information content (AvgIpc) is 3.50. The quantitative estimate of drug-likeness (QED) is 0.325. The zero-order chi connectivity index (χ0) is 30.0. The van der Waals surface area contributed by atoms with E-state index in [0.29, 0.717) is 41.4 Å². The number of nitrogens with zero attached hydrogens (tertiary/aromatic N) is 5. The number of fused-ring (bicyclic) bond motifs is 3. The van der Waals surface area contributed by atoms with Crippen molar-refractivity contribution in [2.24, 2.45) is 12.5 Å². The summed E-state index contributed by atoms with van der Waals surface area (Å²) in [7, 11) is 0.314. The highest BCUT2D eigenvalue weighted by atomic mass is 32.2. The number of anilines is 1. The van der Waals surface area contributed by atoms with E-state index in [0.717, 1.165) is 10.5 Å². The van der Waals surface area contributed by atoms with Gasteiger partial charge < -0.3 is 10.3 Å². The number of allylic oxidation sites excluding steroid dienone is 3. The number of rotatable bonds is 4. The summed E-state index contributed by atoms with van der Waals surface area (Å²) in [5.41, 5.74) is 6.66. The van der Waals surface area contributed by atoms with Crippen LogP contribution in [0.1, 0.15) is 55.6 Å². The molecule has 4 heterocycles. The van der Waals surface area contributed by atoms with Gasteiger partial charge >= 0.3 is 6.05 Å². The first-order valence-corrected chi connectivity index (χ1v) is 14.9. The number of aryl methyl sites for hydroxylation is 1. The van der Waals surface area contributed by atoms with Crippen molar-refractivity contribution >= 4 is 22.5 Å². The monoisotopic (exact) mass is 596 g/mol. The van der Waals surface area contributed by atoms with E-state index in [1.165, 1.54) is 42.6 Å². The highest BCUT2D eigenvalue weighted by molar-refractivity contribution is 7.82. The van der Waals surface area contributed by atoms with Gasteiger partial charge in [-0.05, 0) is 75.6 Å². The molecule has 1 spiro atoms. The zero-order valence-electron chi connectivity index (χ0n) is 23.4. The smallest absolute Gasteiger partial charge is 0.356 e. The lowest BCUT2D eigenvalue weighted by Crippen LogP contribution is -2.50. The van der Waals surface area contributed by atoms with E-state index in [1.54, 1.807) is 23.2 Å². The van der Waals surface area contributed by atoms with Crippen LogP contribution in [-0.4, -0.2) is 45.8 Å². The molecule has 42 heavy (non-hydrogen) atoms. The molecule has 0 amide bonds. The molecule has 3 unspecified atom stereocenters. The topological polar surface area (TPSA) is 97.1 Å². The minimum Gasteiger partial charge on any atom is -0.399 e. The minimum atomic E-state index is -3.22. The zero-order valence-corrected chi connectivity index (χ0v) is 24.2. The molecule has 12 heteroatoms. The normalized spacial score (nSPS) is 24.2. The summed E-state index contributed by atoms with van der Waals surface area (Å²) in [5.74, 6) is -0.479. The minimum absolute atomic E-state index is 0.0669. The third kappa shape index (κ3) is 4.66. The molecule has 2 aromatic heterocycles. The predicted molar refractivity (Wildman–Crippen MR) is 152 cm³/mol. The van der Waals surface area contributed by atoms with Crippen LogP contribution in [0.15, 0.2) is 83.2 Å². The number of pyridine rings is 1. The molecule has 2 aliphatic carbocycles. The first kappa shape index (κ1) is 28.4. The summed E-state index contributed by atoms with van der Waals surface area (Å²) in [4.78, 5) is 23.5. The Kier molecular flexibility index (Phi) is 6.88. The van der Waals surface area contributed by atoms with Crippen LogP contribution in [0, 0.1) is 11.2 Å². The predicted octanol–water partition coefficient (Wildman–Crippen LogP) is 5.30. The van der Waals surface area contributed by atoms with Gasteiger partial charge in [0.25, 0.3) is 0 Å². The van der Waals surface area contributed by atoms with Gasteiger partial charge in [-0.2, -0.15) is 8.78 Å². The fraction of sp³-hybridized carbons (Fsp3) is 0.367. The van der Waals surface area contributed by atoms with Crippen molar-refractivity contribution in [1.29, 1.82) is 0 Å². The highest BCUT2D eigenvalue weighted by Gasteiger charge is 2.61. The summed E-state index contributed by atoms with van der Waals surface area (Å²) in [5, 5.41) is 0.465. The van der Waals surface area contributed by atoms with Crippen molar-refractivity contribution in [2.75, 3.05) is 5.73 Å². The molecule has 0 saturated heterocycles. The number of halogens is 3. The van der Waals surface area contributed by atoms with Gasteiger partial charge in [0.2, 0.25) is 0 Å². The van der Waals surface area contributed by atoms with Crippen LogP contribution in [0.3, 0.4) is 0 Å². The summed E-state index contributed by atoms with van der Waals surface area (Å²) in [6.07, 6.45) is 8.32. The molecule has 4 bridgehead atoms. The number of benzene rings is 1. The van der Waals surface area contributed by atoms with Gasteiger partial charge in [-0.1, -0.05) is 5.57 Å². The SMILES string of the molecule is CC(C)N(C1CCC2=CC3=C4CC2(C1)C(=O)c1cc(ccn1)C(F)(F)N34)S(=O)c1cn(C)cn1.Nc1ccc(F)cc1. The molecular formula is C30H31F3N6O2S. The number of aromatic nitrogens is 3. The molecule has 7 rings (SSSR count). The van der Waals surface area contributed by atoms with E-state index in [9.17, 15) is 13.4 Å². The van der Waals surface area contributed by atoms with Crippen LogP contribution in [-0.2, 0) is 24.1 Å². The number of alkyl halides is 2. The molecule has 8 nitrogen and oxygen atoms in total. The average molecular weight is 597 g/mol. The van der Waals surface area contributed by atoms with Crippen LogP contribution in [0.2, 0.25) is 0 Å². The van der Waals surface area contributed by atoms with E-state index in [1.807, 2.05) is 25.2 Å². The Morgan fingerprint density at radius 3 is 2.55 bits per heavy atom. The summed E-state index contributed by atoms with van der Waals surface area (Å²) < 4.78 is 59.9. The molecule has 3 aromatic rings. The Labute approximate surface area is 244 Å². The second-order valence-electron chi connectivity index (χ2n) is 11.4. The van der Waals surface area contributed by atoms with Gasteiger partial charge in [0.1, 0.15) is 22.5 Å². The van der Waals surface area contributed by atoms with Crippen molar-refractivity contribution in [3.8, 4) is 0 Å². The number of carbonyl (C=O) groups excluding carboxylic acids is 1. The van der Waals surface area contributed by atoms with E-state index in [-0.39, 0.29) is 41.4 Å². The van der Waals surface area contributed by atoms with Crippen LogP contribution in [0.4, 0.5) is 18.9 Å². The molecule has 1 fully saturated rings. The number of nitrogen functional groups attached to an aromatic ring is 1. The molecular weight excluding hydrogens is 565 g/mol. The van der Waals surface area contributed by atoms with E-state index >= 15 is 8.78 Å². The van der Waals surface area contributed by atoms with E-state index in [2.05, 4.69) is 9.97 Å². The molecule has 3 atom stereocenters. The van der Waals surface area contributed by atoms with Crippen LogP contribution >= 0.6 is 0 Å². The maximum atomic E-state index is 15.3. The lowest BCUT2D eigenvalue weighted by Gasteiger charge is -2.45. The lowest BCUT2D eigenvalue weighted by molar-refractivity contribution is -0.0957. The Morgan fingerprint density at radius 2 is 1.90 bits per heavy atom. The van der Waals surface area contributed by atoms with Crippen molar-refractivity contribution < 1.29 is 22.2 Å². The van der Waals surface area contributed by atoms with Crippen molar-refractivity contribution in [3.63, 3.8) is 0 Å². The third-order valence-corrected chi connectivity index (χ3v) is 10.00. The maximum absolute atomic E-state index is 15.3. The molecule has 4 aliphatic rings. The van der Waals surface area contributed by atoms with Crippen molar-refractivity contribution in [3.05, 3.63) is 95.2 Å². The third-order valence-electron chi connectivity index (χ3n) is 8.33. The first-order chi connectivity index (χ1) is 19.9. The molecule has 220 valence electrons. The standard InChI is InChI=1S/C24H25F2N5O2S.C6H6FN/c1-14(2)31(34(33)21-12-29(3)13-28-21)17-5-4-15-9-19-20-11-23(15,10-17)22(32)18-8-16(6-7-27-18)24(25,26)30(19)20;7-5-1-3-6(8)4-2-5/h6-9,12-14,17H,4-5,10-11H2,1-3H3;1-4H,8H2. The number of ketones is 1. The Bertz CT molecular complexity index is 1630. The summed E-state index contributed by atoms with van der Waals surface area (Å²) in [6, 6.07) is 4.75. The second kappa shape index (κ2) is 10.2. The van der Waals surface area contributed by atoms with Gasteiger partial charge in [0, 0.05) is 54.9 Å².